The standard InChI is InChI=1S/C10H7Br2ClFN3O/c11-9-15-10(12)17(16-9)3-4-18-8-2-1-6(14)5-7(8)13/h1-2,5H,3-4H2. The zero-order valence-corrected chi connectivity index (χ0v) is 12.8. The number of halogens is 4. The number of ether oxygens (including phenoxy) is 1. The van der Waals surface area contributed by atoms with E-state index in [1.807, 2.05) is 0 Å². The molecule has 0 fully saturated rings. The summed E-state index contributed by atoms with van der Waals surface area (Å²) >= 11 is 12.2. The third kappa shape index (κ3) is 3.43. The molecule has 0 saturated heterocycles. The summed E-state index contributed by atoms with van der Waals surface area (Å²) < 4.78 is 21.0. The average molecular weight is 399 g/mol. The van der Waals surface area contributed by atoms with Crippen molar-refractivity contribution < 1.29 is 9.13 Å². The van der Waals surface area contributed by atoms with Gasteiger partial charge in [-0.3, -0.25) is 0 Å². The molecular weight excluding hydrogens is 392 g/mol. The van der Waals surface area contributed by atoms with Gasteiger partial charge in [0.05, 0.1) is 11.6 Å². The summed E-state index contributed by atoms with van der Waals surface area (Å²) in [6.45, 7) is 0.840. The van der Waals surface area contributed by atoms with Gasteiger partial charge < -0.3 is 4.74 Å². The number of hydrogen-bond acceptors (Lipinski definition) is 3. The minimum Gasteiger partial charge on any atom is -0.490 e. The van der Waals surface area contributed by atoms with Crippen molar-refractivity contribution in [2.24, 2.45) is 0 Å². The van der Waals surface area contributed by atoms with Gasteiger partial charge in [0, 0.05) is 0 Å². The lowest BCUT2D eigenvalue weighted by Gasteiger charge is -2.08. The third-order valence-electron chi connectivity index (χ3n) is 2.06. The van der Waals surface area contributed by atoms with Crippen LogP contribution in [0.3, 0.4) is 0 Å². The first-order valence-electron chi connectivity index (χ1n) is 4.90. The number of rotatable bonds is 4. The van der Waals surface area contributed by atoms with E-state index >= 15 is 0 Å². The Kier molecular flexibility index (Phi) is 4.58. The number of nitrogens with zero attached hydrogens (tertiary/aromatic N) is 3. The van der Waals surface area contributed by atoms with Gasteiger partial charge in [0.1, 0.15) is 18.2 Å². The first-order valence-corrected chi connectivity index (χ1v) is 6.86. The largest absolute Gasteiger partial charge is 0.490 e. The van der Waals surface area contributed by atoms with Crippen LogP contribution >= 0.6 is 43.5 Å². The summed E-state index contributed by atoms with van der Waals surface area (Å²) in [7, 11) is 0. The minimum atomic E-state index is -0.393. The highest BCUT2D eigenvalue weighted by Gasteiger charge is 2.06. The Morgan fingerprint density at radius 2 is 2.17 bits per heavy atom. The van der Waals surface area contributed by atoms with E-state index < -0.39 is 5.82 Å². The van der Waals surface area contributed by atoms with Crippen LogP contribution in [0.2, 0.25) is 5.02 Å². The van der Waals surface area contributed by atoms with Crippen LogP contribution in [-0.2, 0) is 6.54 Å². The maximum Gasteiger partial charge on any atom is 0.218 e. The molecule has 0 radical (unpaired) electrons. The van der Waals surface area contributed by atoms with Crippen LogP contribution in [0, 0.1) is 5.82 Å². The van der Waals surface area contributed by atoms with Crippen LogP contribution in [-0.4, -0.2) is 21.4 Å². The Morgan fingerprint density at radius 1 is 1.39 bits per heavy atom. The number of hydrogen-bond donors (Lipinski definition) is 0. The summed E-state index contributed by atoms with van der Waals surface area (Å²) in [5.41, 5.74) is 0. The molecule has 0 bridgehead atoms. The van der Waals surface area contributed by atoms with E-state index in [0.29, 0.717) is 28.4 Å². The average Bonchev–Trinajstić information content (AvgIpc) is 2.61. The van der Waals surface area contributed by atoms with Gasteiger partial charge in [-0.1, -0.05) is 11.6 Å². The normalized spacial score (nSPS) is 10.7. The lowest BCUT2D eigenvalue weighted by Crippen LogP contribution is -2.10. The fourth-order valence-electron chi connectivity index (χ4n) is 1.27. The topological polar surface area (TPSA) is 39.9 Å². The molecule has 0 spiro atoms. The molecule has 0 amide bonds. The van der Waals surface area contributed by atoms with Gasteiger partial charge in [-0.15, -0.1) is 5.10 Å². The molecule has 0 aliphatic heterocycles. The van der Waals surface area contributed by atoms with E-state index in [9.17, 15) is 4.39 Å². The van der Waals surface area contributed by atoms with E-state index in [-0.39, 0.29) is 5.02 Å². The Labute approximate surface area is 124 Å². The Hall–Kier alpha value is -0.660. The monoisotopic (exact) mass is 397 g/mol. The van der Waals surface area contributed by atoms with E-state index in [1.165, 1.54) is 18.2 Å². The Balaban J connectivity index is 1.94. The smallest absolute Gasteiger partial charge is 0.218 e. The second-order valence-corrected chi connectivity index (χ2v) is 5.12. The molecule has 0 atom stereocenters. The first-order chi connectivity index (χ1) is 8.56. The first kappa shape index (κ1) is 13.8. The summed E-state index contributed by atoms with van der Waals surface area (Å²) in [5, 5.41) is 4.32. The van der Waals surface area contributed by atoms with Crippen molar-refractivity contribution in [3.05, 3.63) is 38.5 Å². The fraction of sp³-hybridized carbons (Fsp3) is 0.200. The molecule has 18 heavy (non-hydrogen) atoms. The lowest BCUT2D eigenvalue weighted by atomic mass is 10.3. The summed E-state index contributed by atoms with van der Waals surface area (Å²) in [4.78, 5) is 4.02. The van der Waals surface area contributed by atoms with Gasteiger partial charge in [0.25, 0.3) is 0 Å². The lowest BCUT2D eigenvalue weighted by molar-refractivity contribution is 0.289. The maximum absolute atomic E-state index is 12.8. The van der Waals surface area contributed by atoms with Crippen LogP contribution < -0.4 is 4.74 Å². The van der Waals surface area contributed by atoms with Gasteiger partial charge in [-0.25, -0.2) is 9.07 Å². The Morgan fingerprint density at radius 3 is 2.78 bits per heavy atom. The molecule has 0 aliphatic rings. The Bertz CT molecular complexity index is 564. The highest BCUT2D eigenvalue weighted by atomic mass is 79.9. The van der Waals surface area contributed by atoms with Crippen LogP contribution in [0.1, 0.15) is 0 Å². The van der Waals surface area contributed by atoms with Gasteiger partial charge in [0.15, 0.2) is 4.73 Å². The van der Waals surface area contributed by atoms with Gasteiger partial charge in [-0.2, -0.15) is 4.98 Å². The highest BCUT2D eigenvalue weighted by Crippen LogP contribution is 2.24. The summed E-state index contributed by atoms with van der Waals surface area (Å²) in [5.74, 6) is 0.0451. The molecule has 0 unspecified atom stereocenters. The molecule has 1 heterocycles. The molecule has 1 aromatic carbocycles. The number of aromatic nitrogens is 3. The van der Waals surface area contributed by atoms with Crippen molar-refractivity contribution in [3.8, 4) is 5.75 Å². The van der Waals surface area contributed by atoms with Crippen LogP contribution in [0.4, 0.5) is 4.39 Å². The minimum absolute atomic E-state index is 0.244. The summed E-state index contributed by atoms with van der Waals surface area (Å²) in [6, 6.07) is 3.99. The molecule has 8 heteroatoms. The van der Waals surface area contributed by atoms with Crippen LogP contribution in [0.15, 0.2) is 27.7 Å². The van der Waals surface area contributed by atoms with E-state index in [4.69, 9.17) is 16.3 Å². The second kappa shape index (κ2) is 5.99. The molecule has 2 rings (SSSR count). The van der Waals surface area contributed by atoms with Crippen molar-refractivity contribution in [2.75, 3.05) is 6.61 Å². The predicted molar refractivity (Wildman–Crippen MR) is 72.3 cm³/mol. The summed E-state index contributed by atoms with van der Waals surface area (Å²) in [6.07, 6.45) is 0. The van der Waals surface area contributed by atoms with Crippen molar-refractivity contribution in [1.29, 1.82) is 0 Å². The SMILES string of the molecule is Fc1ccc(OCCn2nc(Br)nc2Br)c(Cl)c1. The molecule has 0 saturated carbocycles. The zero-order valence-electron chi connectivity index (χ0n) is 8.91. The molecule has 0 N–H and O–H groups in total. The van der Waals surface area contributed by atoms with Crippen LogP contribution in [0.25, 0.3) is 0 Å². The van der Waals surface area contributed by atoms with Crippen molar-refractivity contribution in [3.63, 3.8) is 0 Å². The van der Waals surface area contributed by atoms with Crippen molar-refractivity contribution in [2.45, 2.75) is 6.54 Å². The highest BCUT2D eigenvalue weighted by molar-refractivity contribution is 9.11. The molecule has 0 aliphatic carbocycles. The fourth-order valence-corrected chi connectivity index (χ4v) is 2.52. The van der Waals surface area contributed by atoms with E-state index in [1.54, 1.807) is 4.68 Å². The van der Waals surface area contributed by atoms with Crippen LogP contribution in [0.5, 0.6) is 5.75 Å². The van der Waals surface area contributed by atoms with Gasteiger partial charge >= 0.3 is 0 Å². The molecule has 1 aromatic heterocycles. The third-order valence-corrected chi connectivity index (χ3v) is 3.27. The second-order valence-electron chi connectivity index (χ2n) is 3.30. The van der Waals surface area contributed by atoms with Gasteiger partial charge in [-0.05, 0) is 50.1 Å². The molecular formula is C10H7Br2ClFN3O. The van der Waals surface area contributed by atoms with Crippen molar-refractivity contribution in [1.82, 2.24) is 14.8 Å². The van der Waals surface area contributed by atoms with E-state index in [2.05, 4.69) is 41.9 Å². The number of benzene rings is 1. The quantitative estimate of drug-likeness (QED) is 0.788. The molecule has 4 nitrogen and oxygen atoms in total. The molecule has 2 aromatic rings. The maximum atomic E-state index is 12.8. The van der Waals surface area contributed by atoms with Gasteiger partial charge in [0.2, 0.25) is 4.73 Å². The van der Waals surface area contributed by atoms with Crippen molar-refractivity contribution >= 4 is 43.5 Å². The predicted octanol–water partition coefficient (Wildman–Crippen LogP) is 3.67. The van der Waals surface area contributed by atoms with E-state index in [0.717, 1.165) is 0 Å². The zero-order chi connectivity index (χ0) is 13.1. The molecule has 96 valence electrons.